The molecule has 0 aromatic carbocycles. The second kappa shape index (κ2) is 20.1. The van der Waals surface area contributed by atoms with Gasteiger partial charge in [0.1, 0.15) is 18.1 Å². The molecule has 20 heteroatoms. The maximum atomic E-state index is 13.3. The minimum atomic E-state index is -1.33. The molecular formula is C22H44N14O6. The molecule has 20 N–H and O–H groups in total. The Bertz CT molecular complexity index is 1010. The Kier molecular flexibility index (Phi) is 17.7. The minimum Gasteiger partial charge on any atom is -0.480 e. The van der Waals surface area contributed by atoms with E-state index in [-0.39, 0.29) is 76.0 Å². The van der Waals surface area contributed by atoms with E-state index in [9.17, 15) is 29.1 Å². The van der Waals surface area contributed by atoms with Gasteiger partial charge < -0.3 is 66.9 Å². The second-order valence-corrected chi connectivity index (χ2v) is 9.15. The van der Waals surface area contributed by atoms with Gasteiger partial charge in [-0.2, -0.15) is 0 Å². The molecule has 0 bridgehead atoms. The highest BCUT2D eigenvalue weighted by Crippen LogP contribution is 2.06. The molecule has 0 heterocycles. The second-order valence-electron chi connectivity index (χ2n) is 9.15. The summed E-state index contributed by atoms with van der Waals surface area (Å²) in [6, 6.07) is -5.12. The van der Waals surface area contributed by atoms with Crippen molar-refractivity contribution in [2.75, 3.05) is 19.6 Å². The number of nitrogens with zero attached hydrogens (tertiary/aromatic N) is 3. The highest BCUT2D eigenvalue weighted by molar-refractivity contribution is 5.95. The molecule has 4 atom stereocenters. The van der Waals surface area contributed by atoms with Gasteiger partial charge in [-0.05, 0) is 38.5 Å². The molecule has 0 spiro atoms. The van der Waals surface area contributed by atoms with Crippen LogP contribution < -0.4 is 61.8 Å². The first-order valence-electron chi connectivity index (χ1n) is 13.0. The summed E-state index contributed by atoms with van der Waals surface area (Å²) in [6.45, 7) is 0.376. The van der Waals surface area contributed by atoms with E-state index in [0.717, 1.165) is 0 Å². The van der Waals surface area contributed by atoms with Gasteiger partial charge in [-0.15, -0.1) is 0 Å². The van der Waals surface area contributed by atoms with Crippen molar-refractivity contribution >= 4 is 47.5 Å². The molecule has 0 rings (SSSR count). The van der Waals surface area contributed by atoms with Gasteiger partial charge >= 0.3 is 5.97 Å². The quantitative estimate of drug-likeness (QED) is 0.0332. The van der Waals surface area contributed by atoms with Crippen LogP contribution >= 0.6 is 0 Å². The summed E-state index contributed by atoms with van der Waals surface area (Å²) in [7, 11) is 0. The number of amides is 4. The largest absolute Gasteiger partial charge is 0.480 e. The van der Waals surface area contributed by atoms with Crippen LogP contribution in [0.1, 0.15) is 44.9 Å². The van der Waals surface area contributed by atoms with Gasteiger partial charge in [0, 0.05) is 19.6 Å². The Morgan fingerprint density at radius 2 is 0.905 bits per heavy atom. The average Bonchev–Trinajstić information content (AvgIpc) is 2.87. The smallest absolute Gasteiger partial charge is 0.326 e. The van der Waals surface area contributed by atoms with Gasteiger partial charge in [0.05, 0.1) is 12.5 Å². The van der Waals surface area contributed by atoms with Gasteiger partial charge in [0.15, 0.2) is 17.9 Å². The molecule has 0 aliphatic heterocycles. The standard InChI is InChI=1S/C22H44N14O6/c23-11(10-15(24)37)16(38)34-12(4-1-7-31-20(25)26)17(39)35-13(5-2-8-32-21(27)28)18(40)36-14(19(41)42)6-3-9-33-22(29)30/h11-14H,1-10,23H2,(H2,24,37)(H,34,38)(H,35,39)(H,36,40)(H,41,42)(H4,25,26,31)(H4,27,28,32)(H4,29,30,33). The Hall–Kier alpha value is -4.88. The van der Waals surface area contributed by atoms with E-state index in [2.05, 4.69) is 30.9 Å². The lowest BCUT2D eigenvalue weighted by molar-refractivity contribution is -0.142. The summed E-state index contributed by atoms with van der Waals surface area (Å²) in [5, 5.41) is 16.9. The first kappa shape index (κ1) is 37.1. The molecule has 0 aromatic rings. The molecule has 20 nitrogen and oxygen atoms in total. The first-order valence-corrected chi connectivity index (χ1v) is 13.0. The van der Waals surface area contributed by atoms with Crippen molar-refractivity contribution in [3.63, 3.8) is 0 Å². The topological polar surface area (TPSA) is 387 Å². The average molecular weight is 601 g/mol. The number of rotatable bonds is 21. The Morgan fingerprint density at radius 1 is 0.571 bits per heavy atom. The molecule has 0 radical (unpaired) electrons. The Labute approximate surface area is 242 Å². The third kappa shape index (κ3) is 17.7. The zero-order valence-electron chi connectivity index (χ0n) is 23.3. The molecule has 0 aliphatic rings. The fraction of sp³-hybridized carbons (Fsp3) is 0.636. The molecule has 0 saturated carbocycles. The van der Waals surface area contributed by atoms with E-state index in [1.165, 1.54) is 0 Å². The Balaban J connectivity index is 5.80. The van der Waals surface area contributed by atoms with Crippen LogP contribution in [0.4, 0.5) is 0 Å². The van der Waals surface area contributed by atoms with E-state index in [1.807, 2.05) is 0 Å². The van der Waals surface area contributed by atoms with Crippen LogP contribution in [0.15, 0.2) is 15.0 Å². The van der Waals surface area contributed by atoms with Crippen molar-refractivity contribution in [1.82, 2.24) is 16.0 Å². The molecule has 42 heavy (non-hydrogen) atoms. The summed E-state index contributed by atoms with van der Waals surface area (Å²) in [5.41, 5.74) is 42.6. The van der Waals surface area contributed by atoms with Crippen LogP contribution in [0, 0.1) is 0 Å². The molecule has 0 aliphatic carbocycles. The van der Waals surface area contributed by atoms with Crippen LogP contribution in [0.3, 0.4) is 0 Å². The number of carbonyl (C=O) groups is 5. The summed E-state index contributed by atoms with van der Waals surface area (Å²) in [5.74, 6) is -5.09. The number of carbonyl (C=O) groups excluding carboxylic acids is 4. The van der Waals surface area contributed by atoms with E-state index in [1.54, 1.807) is 0 Å². The monoisotopic (exact) mass is 600 g/mol. The zero-order chi connectivity index (χ0) is 32.2. The SMILES string of the molecule is NC(=O)CC(N)C(=O)NC(CCCN=C(N)N)C(=O)NC(CCCN=C(N)N)C(=O)NC(CCCN=C(N)N)C(=O)O. The normalized spacial score (nSPS) is 13.3. The van der Waals surface area contributed by atoms with Crippen molar-refractivity contribution in [2.45, 2.75) is 69.1 Å². The minimum absolute atomic E-state index is 0.00451. The van der Waals surface area contributed by atoms with Gasteiger partial charge in [0.2, 0.25) is 23.6 Å². The summed E-state index contributed by atoms with van der Waals surface area (Å²) < 4.78 is 0. The number of hydrogen-bond acceptors (Lipinski definition) is 9. The van der Waals surface area contributed by atoms with Crippen molar-refractivity contribution < 1.29 is 29.1 Å². The lowest BCUT2D eigenvalue weighted by atomic mass is 10.1. The highest BCUT2D eigenvalue weighted by atomic mass is 16.4. The first-order chi connectivity index (χ1) is 19.6. The fourth-order valence-electron chi connectivity index (χ4n) is 3.44. The predicted molar refractivity (Wildman–Crippen MR) is 155 cm³/mol. The number of guanidine groups is 3. The number of primary amides is 1. The predicted octanol–water partition coefficient (Wildman–Crippen LogP) is -6.11. The molecule has 4 amide bonds. The zero-order valence-corrected chi connectivity index (χ0v) is 23.3. The van der Waals surface area contributed by atoms with Crippen molar-refractivity contribution in [3.05, 3.63) is 0 Å². The maximum absolute atomic E-state index is 13.3. The number of aliphatic carboxylic acids is 1. The lowest BCUT2D eigenvalue weighted by Crippen LogP contribution is -2.57. The third-order valence-corrected chi connectivity index (χ3v) is 5.47. The van der Waals surface area contributed by atoms with E-state index < -0.39 is 60.2 Å². The van der Waals surface area contributed by atoms with Crippen LogP contribution in [0.25, 0.3) is 0 Å². The lowest BCUT2D eigenvalue weighted by Gasteiger charge is -2.25. The van der Waals surface area contributed by atoms with Crippen LogP contribution in [0.2, 0.25) is 0 Å². The van der Waals surface area contributed by atoms with E-state index >= 15 is 0 Å². The molecule has 0 saturated heterocycles. The Morgan fingerprint density at radius 3 is 1.24 bits per heavy atom. The number of carboxylic acids is 1. The van der Waals surface area contributed by atoms with Gasteiger partial charge in [0.25, 0.3) is 0 Å². The van der Waals surface area contributed by atoms with Gasteiger partial charge in [-0.1, -0.05) is 0 Å². The van der Waals surface area contributed by atoms with Crippen LogP contribution in [-0.2, 0) is 24.0 Å². The van der Waals surface area contributed by atoms with Crippen LogP contribution in [0.5, 0.6) is 0 Å². The summed E-state index contributed by atoms with van der Waals surface area (Å²) in [6.07, 6.45) is 0.250. The molecule has 0 fully saturated rings. The third-order valence-electron chi connectivity index (χ3n) is 5.47. The fourth-order valence-corrected chi connectivity index (χ4v) is 3.44. The number of nitrogens with one attached hydrogen (secondary N) is 3. The number of carboxylic acid groups (broad SMARTS) is 1. The van der Waals surface area contributed by atoms with E-state index in [0.29, 0.717) is 0 Å². The van der Waals surface area contributed by atoms with Gasteiger partial charge in [-0.25, -0.2) is 4.79 Å². The summed E-state index contributed by atoms with van der Waals surface area (Å²) >= 11 is 0. The van der Waals surface area contributed by atoms with Crippen molar-refractivity contribution in [3.8, 4) is 0 Å². The molecule has 0 aromatic heterocycles. The van der Waals surface area contributed by atoms with Crippen molar-refractivity contribution in [2.24, 2.45) is 60.8 Å². The van der Waals surface area contributed by atoms with E-state index in [4.69, 9.17) is 45.9 Å². The number of aliphatic imine (C=N–C) groups is 3. The molecular weight excluding hydrogens is 556 g/mol. The maximum Gasteiger partial charge on any atom is 0.326 e. The number of nitrogens with two attached hydrogens (primary N) is 8. The van der Waals surface area contributed by atoms with Crippen molar-refractivity contribution in [1.29, 1.82) is 0 Å². The molecule has 238 valence electrons. The highest BCUT2D eigenvalue weighted by Gasteiger charge is 2.30. The number of hydrogen-bond donors (Lipinski definition) is 12. The van der Waals surface area contributed by atoms with Crippen LogP contribution in [-0.4, -0.2) is 96.4 Å². The molecule has 4 unspecified atom stereocenters. The van der Waals surface area contributed by atoms with Gasteiger partial charge in [-0.3, -0.25) is 34.2 Å². The summed E-state index contributed by atoms with van der Waals surface area (Å²) in [4.78, 5) is 73.2.